The molecule has 1 rings (SSSR count). The van der Waals surface area contributed by atoms with E-state index in [4.69, 9.17) is 0 Å². The molecule has 0 spiro atoms. The lowest BCUT2D eigenvalue weighted by Crippen LogP contribution is -2.42. The molecule has 0 heterocycles. The van der Waals surface area contributed by atoms with E-state index in [0.29, 0.717) is 19.5 Å². The third-order valence-electron chi connectivity index (χ3n) is 2.94. The second-order valence-corrected chi connectivity index (χ2v) is 5.90. The van der Waals surface area contributed by atoms with Crippen LogP contribution in [-0.4, -0.2) is 25.8 Å². The van der Waals surface area contributed by atoms with E-state index in [9.17, 15) is 8.42 Å². The van der Waals surface area contributed by atoms with Gasteiger partial charge in [-0.1, -0.05) is 50.3 Å². The summed E-state index contributed by atoms with van der Waals surface area (Å²) in [5.74, 6) is 0. The third-order valence-corrected chi connectivity index (χ3v) is 4.72. The van der Waals surface area contributed by atoms with Crippen molar-refractivity contribution in [3.63, 3.8) is 0 Å². The maximum absolute atomic E-state index is 12.2. The lowest BCUT2D eigenvalue weighted by molar-refractivity contribution is 0.426. The van der Waals surface area contributed by atoms with Crippen LogP contribution in [0.1, 0.15) is 31.9 Å². The monoisotopic (exact) mass is 282 g/mol. The highest BCUT2D eigenvalue weighted by Crippen LogP contribution is 2.18. The predicted molar refractivity (Wildman–Crippen MR) is 79.0 cm³/mol. The molecule has 1 aromatic carbocycles. The molecule has 0 radical (unpaired) electrons. The molecule has 0 aliphatic carbocycles. The van der Waals surface area contributed by atoms with Gasteiger partial charge in [0, 0.05) is 13.1 Å². The minimum absolute atomic E-state index is 0.274. The van der Waals surface area contributed by atoms with Crippen molar-refractivity contribution in [2.24, 2.45) is 0 Å². The van der Waals surface area contributed by atoms with Gasteiger partial charge in [0.05, 0.1) is 6.04 Å². The van der Waals surface area contributed by atoms with Gasteiger partial charge in [-0.2, -0.15) is 17.4 Å². The first-order valence-corrected chi connectivity index (χ1v) is 7.92. The number of rotatable bonds is 8. The summed E-state index contributed by atoms with van der Waals surface area (Å²) in [6.45, 7) is 8.27. The highest BCUT2D eigenvalue weighted by atomic mass is 32.2. The lowest BCUT2D eigenvalue weighted by atomic mass is 10.1. The maximum Gasteiger partial charge on any atom is 0.279 e. The van der Waals surface area contributed by atoms with Crippen LogP contribution in [-0.2, 0) is 10.2 Å². The second kappa shape index (κ2) is 7.43. The van der Waals surface area contributed by atoms with E-state index in [2.05, 4.69) is 11.3 Å². The summed E-state index contributed by atoms with van der Waals surface area (Å²) in [6, 6.07) is 9.27. The van der Waals surface area contributed by atoms with Gasteiger partial charge in [0.15, 0.2) is 0 Å². The van der Waals surface area contributed by atoms with Crippen molar-refractivity contribution in [2.75, 3.05) is 13.1 Å². The van der Waals surface area contributed by atoms with Gasteiger partial charge in [-0.3, -0.25) is 0 Å². The molecule has 0 bridgehead atoms. The molecule has 0 fully saturated rings. The van der Waals surface area contributed by atoms with Crippen LogP contribution >= 0.6 is 0 Å². The zero-order valence-electron chi connectivity index (χ0n) is 11.5. The predicted octanol–water partition coefficient (Wildman–Crippen LogP) is 2.48. The van der Waals surface area contributed by atoms with Crippen LogP contribution in [0.25, 0.3) is 0 Å². The zero-order valence-corrected chi connectivity index (χ0v) is 12.4. The zero-order chi connectivity index (χ0) is 14.3. The van der Waals surface area contributed by atoms with E-state index >= 15 is 0 Å². The number of nitrogens with one attached hydrogen (secondary N) is 1. The van der Waals surface area contributed by atoms with Gasteiger partial charge in [0.25, 0.3) is 10.2 Å². The summed E-state index contributed by atoms with van der Waals surface area (Å²) in [5.41, 5.74) is 0.943. The molecule has 4 nitrogen and oxygen atoms in total. The Hall–Kier alpha value is -1.17. The molecular formula is C14H22N2O2S. The van der Waals surface area contributed by atoms with Crippen LogP contribution in [0.15, 0.2) is 43.0 Å². The topological polar surface area (TPSA) is 49.4 Å². The quantitative estimate of drug-likeness (QED) is 0.745. The van der Waals surface area contributed by atoms with E-state index < -0.39 is 10.2 Å². The highest BCUT2D eigenvalue weighted by molar-refractivity contribution is 7.87. The van der Waals surface area contributed by atoms with Crippen molar-refractivity contribution in [1.29, 1.82) is 0 Å². The van der Waals surface area contributed by atoms with E-state index in [1.54, 1.807) is 6.08 Å². The van der Waals surface area contributed by atoms with Crippen LogP contribution in [0.3, 0.4) is 0 Å². The van der Waals surface area contributed by atoms with Crippen LogP contribution in [0, 0.1) is 0 Å². The minimum Gasteiger partial charge on any atom is -0.195 e. The summed E-state index contributed by atoms with van der Waals surface area (Å²) < 4.78 is 28.6. The van der Waals surface area contributed by atoms with Crippen LogP contribution in [0.4, 0.5) is 0 Å². The minimum atomic E-state index is -3.46. The maximum atomic E-state index is 12.2. The molecule has 0 saturated carbocycles. The first-order valence-electron chi connectivity index (χ1n) is 6.48. The SMILES string of the molecule is C=CCC(NS(=O)(=O)N(CC)CC)c1ccccc1. The van der Waals surface area contributed by atoms with E-state index in [1.807, 2.05) is 44.2 Å². The summed E-state index contributed by atoms with van der Waals surface area (Å²) in [5, 5.41) is 0. The number of benzene rings is 1. The molecule has 0 aliphatic heterocycles. The average molecular weight is 282 g/mol. The lowest BCUT2D eigenvalue weighted by Gasteiger charge is -2.24. The first kappa shape index (κ1) is 15.9. The van der Waals surface area contributed by atoms with Crippen molar-refractivity contribution >= 4 is 10.2 Å². The van der Waals surface area contributed by atoms with Gasteiger partial charge >= 0.3 is 0 Å². The van der Waals surface area contributed by atoms with Gasteiger partial charge in [-0.25, -0.2) is 0 Å². The summed E-state index contributed by atoms with van der Waals surface area (Å²) in [6.07, 6.45) is 2.28. The van der Waals surface area contributed by atoms with E-state index in [-0.39, 0.29) is 6.04 Å². The molecule has 0 aromatic heterocycles. The normalized spacial score (nSPS) is 13.4. The largest absolute Gasteiger partial charge is 0.279 e. The molecular weight excluding hydrogens is 260 g/mol. The second-order valence-electron chi connectivity index (χ2n) is 4.19. The van der Waals surface area contributed by atoms with Gasteiger partial charge in [0.2, 0.25) is 0 Å². The van der Waals surface area contributed by atoms with Crippen molar-refractivity contribution in [2.45, 2.75) is 26.3 Å². The Morgan fingerprint density at radius 2 is 1.84 bits per heavy atom. The summed E-state index contributed by atoms with van der Waals surface area (Å²) in [7, 11) is -3.46. The standard InChI is InChI=1S/C14H22N2O2S/c1-4-10-14(13-11-8-7-9-12-13)15-19(17,18)16(5-2)6-3/h4,7-9,11-12,14-15H,1,5-6,10H2,2-3H3. The highest BCUT2D eigenvalue weighted by Gasteiger charge is 2.23. The Morgan fingerprint density at radius 3 is 2.32 bits per heavy atom. The average Bonchev–Trinajstić information content (AvgIpc) is 2.40. The fourth-order valence-electron chi connectivity index (χ4n) is 1.92. The molecule has 0 aliphatic rings. The fourth-order valence-corrected chi connectivity index (χ4v) is 3.34. The fraction of sp³-hybridized carbons (Fsp3) is 0.429. The summed E-state index contributed by atoms with van der Waals surface area (Å²) in [4.78, 5) is 0. The van der Waals surface area contributed by atoms with Gasteiger partial charge < -0.3 is 0 Å². The molecule has 1 N–H and O–H groups in total. The van der Waals surface area contributed by atoms with Gasteiger partial charge in [-0.05, 0) is 12.0 Å². The van der Waals surface area contributed by atoms with Gasteiger partial charge in [0.1, 0.15) is 0 Å². The third kappa shape index (κ3) is 4.45. The Labute approximate surface area is 116 Å². The Morgan fingerprint density at radius 1 is 1.26 bits per heavy atom. The van der Waals surface area contributed by atoms with E-state index in [1.165, 1.54) is 4.31 Å². The Balaban J connectivity index is 2.94. The molecule has 5 heteroatoms. The number of hydrogen-bond donors (Lipinski definition) is 1. The molecule has 106 valence electrons. The van der Waals surface area contributed by atoms with Crippen LogP contribution in [0.5, 0.6) is 0 Å². The molecule has 1 unspecified atom stereocenters. The van der Waals surface area contributed by atoms with Gasteiger partial charge in [-0.15, -0.1) is 6.58 Å². The number of nitrogens with zero attached hydrogens (tertiary/aromatic N) is 1. The number of hydrogen-bond acceptors (Lipinski definition) is 2. The van der Waals surface area contributed by atoms with Crippen LogP contribution in [0.2, 0.25) is 0 Å². The van der Waals surface area contributed by atoms with Crippen molar-refractivity contribution in [1.82, 2.24) is 9.03 Å². The molecule has 1 atom stereocenters. The Bertz CT molecular complexity index is 481. The molecule has 19 heavy (non-hydrogen) atoms. The van der Waals surface area contributed by atoms with E-state index in [0.717, 1.165) is 5.56 Å². The van der Waals surface area contributed by atoms with Crippen molar-refractivity contribution in [3.05, 3.63) is 48.6 Å². The smallest absolute Gasteiger partial charge is 0.195 e. The van der Waals surface area contributed by atoms with Crippen LogP contribution < -0.4 is 4.72 Å². The first-order chi connectivity index (χ1) is 9.05. The molecule has 0 saturated heterocycles. The molecule has 1 aromatic rings. The Kier molecular flexibility index (Phi) is 6.21. The summed E-state index contributed by atoms with van der Waals surface area (Å²) >= 11 is 0. The van der Waals surface area contributed by atoms with Crippen molar-refractivity contribution in [3.8, 4) is 0 Å². The van der Waals surface area contributed by atoms with Crippen molar-refractivity contribution < 1.29 is 8.42 Å². The molecule has 0 amide bonds.